The molecule has 412 valence electrons. The topological polar surface area (TPSA) is 296 Å². The average molecular weight is 1070 g/mol. The van der Waals surface area contributed by atoms with E-state index in [4.69, 9.17) is 18.5 Å². The summed E-state index contributed by atoms with van der Waals surface area (Å²) in [6, 6.07) is 0. The predicted molar refractivity (Wildman–Crippen MR) is 280 cm³/mol. The molecule has 0 radical (unpaired) electrons. The minimum absolute atomic E-state index is 0.0496. The van der Waals surface area contributed by atoms with Gasteiger partial charge in [0.05, 0.1) is 18.8 Å². The zero-order chi connectivity index (χ0) is 54.2. The van der Waals surface area contributed by atoms with Crippen LogP contribution in [0.15, 0.2) is 134 Å². The second-order valence-electron chi connectivity index (χ2n) is 16.8. The van der Waals surface area contributed by atoms with Gasteiger partial charge in [0.1, 0.15) is 43.2 Å². The number of aliphatic hydroxyl groups is 6. The summed E-state index contributed by atoms with van der Waals surface area (Å²) >= 11 is 0. The van der Waals surface area contributed by atoms with Gasteiger partial charge in [0.2, 0.25) is 0 Å². The third kappa shape index (κ3) is 35.8. The van der Waals surface area contributed by atoms with Crippen LogP contribution in [0.25, 0.3) is 0 Å². The molecule has 5 unspecified atom stereocenters. The van der Waals surface area contributed by atoms with Crippen molar-refractivity contribution in [2.24, 2.45) is 0 Å². The molecule has 1 aliphatic rings. The van der Waals surface area contributed by atoms with Gasteiger partial charge in [0, 0.05) is 12.8 Å². The number of unbranched alkanes of at least 4 members (excludes halogenated alkanes) is 3. The van der Waals surface area contributed by atoms with Crippen LogP contribution in [0.1, 0.15) is 117 Å². The van der Waals surface area contributed by atoms with Gasteiger partial charge in [-0.15, -0.1) is 0 Å². The van der Waals surface area contributed by atoms with E-state index in [1.807, 2.05) is 43.4 Å². The summed E-state index contributed by atoms with van der Waals surface area (Å²) in [6.45, 7) is 2.67. The highest BCUT2D eigenvalue weighted by atomic mass is 31.2. The van der Waals surface area contributed by atoms with Gasteiger partial charge in [-0.25, -0.2) is 9.13 Å². The standard InChI is InChI=1S/C53H82O18P2/c1-3-5-7-8-9-10-11-12-13-14-15-16-17-18-19-20-21-25-33-39-46(56)67-41-45(42-68-73(65,66)71-53-50(60)48(58)49(59)52(51(53)61)70-72(62,63)64)69-47(57)40-34-26-23-22-24-30-36-44(55)38-32-28-27-31-37-43(54)35-29-6-4-2/h6,9-10,12-13,15-16,18-19,21,23-32,37-38,43-45,48-55,58-61H,3-5,7-8,11,14,17,20,22,33-36,39-42H2,1-2H3,(H,65,66)(H2,62,63,64)/b10-9-,13-12-,16-15-,19-18-,25-21-,26-23-,28-27-,29-6-,30-24-,37-31+,38-32+/t43-,44+,45+,48?,49?,50?,51?,52+,53-/m0/s1. The highest BCUT2D eigenvalue weighted by molar-refractivity contribution is 7.47. The van der Waals surface area contributed by atoms with Gasteiger partial charge in [0.25, 0.3) is 0 Å². The summed E-state index contributed by atoms with van der Waals surface area (Å²) in [4.78, 5) is 54.3. The second kappa shape index (κ2) is 41.3. The van der Waals surface area contributed by atoms with E-state index in [0.29, 0.717) is 32.1 Å². The molecule has 0 aromatic heterocycles. The van der Waals surface area contributed by atoms with Crippen LogP contribution in [0, 0.1) is 0 Å². The molecule has 73 heavy (non-hydrogen) atoms. The SMILES string of the molecule is CC/C=C\C[C@H](O)/C=C/C=C\C=C\[C@H](O)C/C=C\C/C=C\CCC(=O)O[C@H](COC(=O)CC/C=C\C/C=C\C/C=C\C/C=C\C/C=C\CCCCC)COP(=O)(O)O[C@H]1C(O)C(O)C(O)[C@@H](OP(=O)(O)O)C1O. The van der Waals surface area contributed by atoms with E-state index < -0.39 is 95.7 Å². The van der Waals surface area contributed by atoms with Gasteiger partial charge < -0.3 is 54.8 Å². The van der Waals surface area contributed by atoms with Crippen molar-refractivity contribution in [3.05, 3.63) is 134 Å². The van der Waals surface area contributed by atoms with Crippen molar-refractivity contribution in [2.45, 2.75) is 172 Å². The van der Waals surface area contributed by atoms with Crippen LogP contribution < -0.4 is 0 Å². The van der Waals surface area contributed by atoms with Crippen molar-refractivity contribution in [2.75, 3.05) is 13.2 Å². The Bertz CT molecular complexity index is 1950. The van der Waals surface area contributed by atoms with Crippen molar-refractivity contribution in [3.63, 3.8) is 0 Å². The molecule has 0 heterocycles. The van der Waals surface area contributed by atoms with Crippen molar-refractivity contribution in [3.8, 4) is 0 Å². The summed E-state index contributed by atoms with van der Waals surface area (Å²) in [5.41, 5.74) is 0. The third-order valence-corrected chi connectivity index (χ3v) is 11.9. The molecule has 0 aromatic carbocycles. The normalized spacial score (nSPS) is 22.6. The molecule has 0 spiro atoms. The monoisotopic (exact) mass is 1070 g/mol. The molecule has 1 saturated carbocycles. The third-order valence-electron chi connectivity index (χ3n) is 10.4. The lowest BCUT2D eigenvalue weighted by atomic mass is 9.85. The first kappa shape index (κ1) is 67.1. The molecular formula is C53H82O18P2. The second-order valence-corrected chi connectivity index (χ2v) is 19.4. The maximum absolute atomic E-state index is 13.0. The van der Waals surface area contributed by atoms with Gasteiger partial charge in [-0.05, 0) is 77.0 Å². The number of phosphoric acid groups is 2. The van der Waals surface area contributed by atoms with Gasteiger partial charge in [0.15, 0.2) is 6.10 Å². The van der Waals surface area contributed by atoms with Crippen molar-refractivity contribution in [1.82, 2.24) is 0 Å². The lowest BCUT2D eigenvalue weighted by molar-refractivity contribution is -0.216. The Kier molecular flexibility index (Phi) is 38.0. The number of carbonyl (C=O) groups is 2. The highest BCUT2D eigenvalue weighted by Crippen LogP contribution is 2.49. The van der Waals surface area contributed by atoms with E-state index in [0.717, 1.165) is 32.1 Å². The molecular weight excluding hydrogens is 987 g/mol. The summed E-state index contributed by atoms with van der Waals surface area (Å²) < 4.78 is 49.2. The number of ether oxygens (including phenoxy) is 2. The minimum Gasteiger partial charge on any atom is -0.462 e. The zero-order valence-corrected chi connectivity index (χ0v) is 44.0. The first-order valence-corrected chi connectivity index (χ1v) is 28.0. The number of carbonyl (C=O) groups excluding carboxylic acids is 2. The largest absolute Gasteiger partial charge is 0.472 e. The van der Waals surface area contributed by atoms with Crippen LogP contribution in [0.5, 0.6) is 0 Å². The summed E-state index contributed by atoms with van der Waals surface area (Å²) in [5.74, 6) is -1.48. The Morgan fingerprint density at radius 2 is 0.973 bits per heavy atom. The molecule has 0 aliphatic heterocycles. The fourth-order valence-corrected chi connectivity index (χ4v) is 8.04. The Morgan fingerprint density at radius 3 is 1.47 bits per heavy atom. The lowest BCUT2D eigenvalue weighted by Crippen LogP contribution is -2.64. The van der Waals surface area contributed by atoms with Crippen molar-refractivity contribution < 1.29 is 87.1 Å². The van der Waals surface area contributed by atoms with Crippen LogP contribution in [0.4, 0.5) is 0 Å². The smallest absolute Gasteiger partial charge is 0.462 e. The molecule has 0 bridgehead atoms. The summed E-state index contributed by atoms with van der Waals surface area (Å²) in [7, 11) is -10.8. The Labute approximate surface area is 431 Å². The number of phosphoric ester groups is 2. The Morgan fingerprint density at radius 1 is 0.521 bits per heavy atom. The summed E-state index contributed by atoms with van der Waals surface area (Å²) in [6.07, 6.45) is 36.2. The van der Waals surface area contributed by atoms with Gasteiger partial charge in [-0.2, -0.15) is 0 Å². The fourth-order valence-electron chi connectivity index (χ4n) is 6.50. The minimum atomic E-state index is -5.40. The first-order valence-electron chi connectivity index (χ1n) is 24.9. The van der Waals surface area contributed by atoms with Gasteiger partial charge in [-0.3, -0.25) is 23.2 Å². The van der Waals surface area contributed by atoms with Gasteiger partial charge >= 0.3 is 27.6 Å². The van der Waals surface area contributed by atoms with Crippen LogP contribution in [0.3, 0.4) is 0 Å². The number of aliphatic hydroxyl groups excluding tert-OH is 6. The maximum atomic E-state index is 13.0. The quantitative estimate of drug-likeness (QED) is 0.00926. The van der Waals surface area contributed by atoms with E-state index in [-0.39, 0.29) is 19.3 Å². The molecule has 10 atom stereocenters. The highest BCUT2D eigenvalue weighted by Gasteiger charge is 2.54. The van der Waals surface area contributed by atoms with Crippen LogP contribution >= 0.6 is 15.6 Å². The number of rotatable bonds is 39. The first-order chi connectivity index (χ1) is 34.9. The van der Waals surface area contributed by atoms with E-state index >= 15 is 0 Å². The average Bonchev–Trinajstić information content (AvgIpc) is 3.34. The predicted octanol–water partition coefficient (Wildman–Crippen LogP) is 8.00. The van der Waals surface area contributed by atoms with E-state index in [2.05, 4.69) is 47.9 Å². The number of hydrogen-bond acceptors (Lipinski definition) is 15. The summed E-state index contributed by atoms with van der Waals surface area (Å²) in [5, 5.41) is 61.3. The van der Waals surface area contributed by atoms with E-state index in [1.54, 1.807) is 60.8 Å². The number of hydrogen-bond donors (Lipinski definition) is 9. The van der Waals surface area contributed by atoms with Crippen molar-refractivity contribution >= 4 is 27.6 Å². The Hall–Kier alpha value is -3.94. The van der Waals surface area contributed by atoms with Crippen LogP contribution in [-0.4, -0.2) is 125 Å². The van der Waals surface area contributed by atoms with Crippen LogP contribution in [0.2, 0.25) is 0 Å². The molecule has 0 aromatic rings. The molecule has 9 N–H and O–H groups in total. The number of esters is 2. The lowest BCUT2D eigenvalue weighted by Gasteiger charge is -2.43. The maximum Gasteiger partial charge on any atom is 0.472 e. The fraction of sp³-hybridized carbons (Fsp3) is 0.547. The molecule has 1 aliphatic carbocycles. The van der Waals surface area contributed by atoms with E-state index in [9.17, 15) is 64.0 Å². The number of allylic oxidation sites excluding steroid dienone is 18. The van der Waals surface area contributed by atoms with Crippen molar-refractivity contribution in [1.29, 1.82) is 0 Å². The van der Waals surface area contributed by atoms with Gasteiger partial charge in [-0.1, -0.05) is 160 Å². The molecule has 20 heteroatoms. The molecule has 18 nitrogen and oxygen atoms in total. The zero-order valence-electron chi connectivity index (χ0n) is 42.2. The Balaban J connectivity index is 2.73. The molecule has 1 rings (SSSR count). The molecule has 1 fully saturated rings. The van der Waals surface area contributed by atoms with E-state index in [1.165, 1.54) is 19.3 Å². The van der Waals surface area contributed by atoms with Crippen LogP contribution in [-0.2, 0) is 41.8 Å². The molecule has 0 saturated heterocycles. The molecule has 0 amide bonds.